The van der Waals surface area contributed by atoms with Crippen LogP contribution in [0.5, 0.6) is 5.75 Å². The Morgan fingerprint density at radius 3 is 2.30 bits per heavy atom. The summed E-state index contributed by atoms with van der Waals surface area (Å²) in [7, 11) is 2.02. The number of carbonyl (C=O) groups excluding carboxylic acids is 3. The highest BCUT2D eigenvalue weighted by Crippen LogP contribution is 2.40. The summed E-state index contributed by atoms with van der Waals surface area (Å²) >= 11 is 0. The number of amides is 3. The smallest absolute Gasteiger partial charge is 0.234 e. The van der Waals surface area contributed by atoms with Gasteiger partial charge in [0.05, 0.1) is 28.9 Å². The second kappa shape index (κ2) is 17.0. The van der Waals surface area contributed by atoms with Crippen molar-refractivity contribution in [3.63, 3.8) is 0 Å². The van der Waals surface area contributed by atoms with Crippen LogP contribution in [0.25, 0.3) is 11.3 Å². The first kappa shape index (κ1) is 38.5. The number of nitrogens with one attached hydrogen (secondary N) is 1. The molecule has 3 amide bonds. The second-order valence-corrected chi connectivity index (χ2v) is 16.4. The van der Waals surface area contributed by atoms with Gasteiger partial charge in [-0.2, -0.15) is 10.2 Å². The van der Waals surface area contributed by atoms with Crippen LogP contribution in [0.3, 0.4) is 0 Å². The number of phenolic OH excluding ortho intramolecular Hbond substituents is 1. The molecule has 0 spiro atoms. The Morgan fingerprint density at radius 2 is 1.60 bits per heavy atom. The van der Waals surface area contributed by atoms with Crippen molar-refractivity contribution >= 4 is 29.2 Å². The number of aromatic hydroxyl groups is 1. The second-order valence-electron chi connectivity index (χ2n) is 16.4. The van der Waals surface area contributed by atoms with Crippen LogP contribution in [0.1, 0.15) is 74.8 Å². The molecule has 4 aliphatic heterocycles. The van der Waals surface area contributed by atoms with Crippen LogP contribution < -0.4 is 15.1 Å². The number of hydrogen-bond acceptors (Lipinski definition) is 10. The third-order valence-corrected chi connectivity index (χ3v) is 13.2. The number of phenols is 1. The number of imide groups is 1. The largest absolute Gasteiger partial charge is 0.507 e. The molecule has 4 fully saturated rings. The highest BCUT2D eigenvalue weighted by molar-refractivity contribution is 6.00. The molecule has 12 nitrogen and oxygen atoms in total. The highest BCUT2D eigenvalue weighted by Gasteiger charge is 2.46. The number of aromatic nitrogens is 3. The predicted octanol–water partition coefficient (Wildman–Crippen LogP) is 5.53. The van der Waals surface area contributed by atoms with Crippen molar-refractivity contribution in [3.05, 3.63) is 96.3 Å². The maximum atomic E-state index is 14.7. The summed E-state index contributed by atoms with van der Waals surface area (Å²) < 4.78 is 0. The van der Waals surface area contributed by atoms with E-state index in [-0.39, 0.29) is 35.4 Å². The number of carbonyl (C=O) groups is 3. The molecule has 12 heteroatoms. The number of anilines is 2. The fraction of sp³-hybridized carbons (Fsp3) is 0.467. The Bertz CT molecular complexity index is 2020. The van der Waals surface area contributed by atoms with Crippen molar-refractivity contribution in [2.24, 2.45) is 5.92 Å². The van der Waals surface area contributed by atoms with Crippen LogP contribution in [-0.2, 0) is 19.8 Å². The van der Waals surface area contributed by atoms with Gasteiger partial charge in [-0.25, -0.2) is 4.98 Å². The van der Waals surface area contributed by atoms with Gasteiger partial charge in [0.2, 0.25) is 17.7 Å². The molecule has 57 heavy (non-hydrogen) atoms. The molecule has 2 N–H and O–H groups in total. The molecule has 4 aromatic rings. The first-order valence-corrected chi connectivity index (χ1v) is 20.7. The molecule has 6 heterocycles. The van der Waals surface area contributed by atoms with Crippen LogP contribution in [0.2, 0.25) is 0 Å². The van der Waals surface area contributed by atoms with E-state index in [2.05, 4.69) is 47.2 Å². The zero-order valence-electron chi connectivity index (χ0n) is 32.9. The monoisotopic (exact) mass is 770 g/mol. The van der Waals surface area contributed by atoms with E-state index >= 15 is 0 Å². The summed E-state index contributed by atoms with van der Waals surface area (Å²) in [5.41, 5.74) is 3.59. The van der Waals surface area contributed by atoms with Crippen LogP contribution in [-0.4, -0.2) is 107 Å². The summed E-state index contributed by atoms with van der Waals surface area (Å²) in [6.45, 7) is 6.48. The number of benzene rings is 2. The average molecular weight is 771 g/mol. The normalized spacial score (nSPS) is 21.0. The van der Waals surface area contributed by atoms with Crippen LogP contribution in [0.4, 0.5) is 11.5 Å². The van der Waals surface area contributed by atoms with E-state index in [1.807, 2.05) is 55.6 Å². The lowest BCUT2D eigenvalue weighted by molar-refractivity contribution is -0.140. The van der Waals surface area contributed by atoms with Crippen molar-refractivity contribution < 1.29 is 19.5 Å². The number of rotatable bonds is 10. The molecule has 2 aromatic heterocycles. The minimum absolute atomic E-state index is 0.176. The topological polar surface area (TPSA) is 135 Å². The fourth-order valence-electron chi connectivity index (χ4n) is 9.53. The van der Waals surface area contributed by atoms with Gasteiger partial charge < -0.3 is 24.7 Å². The molecule has 0 saturated carbocycles. The van der Waals surface area contributed by atoms with Crippen molar-refractivity contribution in [1.82, 2.24) is 30.3 Å². The van der Waals surface area contributed by atoms with Crippen molar-refractivity contribution in [2.45, 2.75) is 75.2 Å². The van der Waals surface area contributed by atoms with Crippen LogP contribution in [0, 0.1) is 5.92 Å². The van der Waals surface area contributed by atoms with Gasteiger partial charge in [0, 0.05) is 70.5 Å². The van der Waals surface area contributed by atoms with E-state index in [9.17, 15) is 19.5 Å². The van der Waals surface area contributed by atoms with Gasteiger partial charge in [-0.05, 0) is 99.2 Å². The molecule has 298 valence electrons. The number of para-hydroxylation sites is 1. The van der Waals surface area contributed by atoms with Gasteiger partial charge in [0.25, 0.3) is 0 Å². The van der Waals surface area contributed by atoms with Gasteiger partial charge in [-0.3, -0.25) is 19.7 Å². The quantitative estimate of drug-likeness (QED) is 0.198. The molecule has 0 bridgehead atoms. The maximum absolute atomic E-state index is 14.7. The Hall–Kier alpha value is -5.36. The third-order valence-electron chi connectivity index (χ3n) is 13.2. The lowest BCUT2D eigenvalue weighted by Crippen LogP contribution is -2.56. The Labute approximate surface area is 335 Å². The zero-order valence-corrected chi connectivity index (χ0v) is 32.9. The molecular weight excluding hydrogens is 717 g/mol. The minimum atomic E-state index is -0.593. The van der Waals surface area contributed by atoms with Gasteiger partial charge >= 0.3 is 0 Å². The standard InChI is InChI=1S/C45H54N8O4/c1-50(44(57)45(34-7-3-2-4-8-34)20-27-52(28-21-45)36-29-39(49-47-31-36)38-9-5-6-10-40(38)54)35-18-23-51(24-19-35)22-15-32-16-25-53(26-17-32)41-13-11-33(30-46-41)37-12-14-42(55)48-43(37)56/h2-11,13,29-32,35,37,54H,12,14-28H2,1H3,(H,48,55,56)/t37-/m1/s1. The van der Waals surface area contributed by atoms with Gasteiger partial charge in [0.15, 0.2) is 0 Å². The van der Waals surface area contributed by atoms with Gasteiger partial charge in [-0.15, -0.1) is 0 Å². The van der Waals surface area contributed by atoms with Crippen molar-refractivity contribution in [2.75, 3.05) is 62.7 Å². The molecular formula is C45H54N8O4. The molecule has 4 saturated heterocycles. The first-order valence-electron chi connectivity index (χ1n) is 20.7. The van der Waals surface area contributed by atoms with Gasteiger partial charge in [-0.1, -0.05) is 48.5 Å². The van der Waals surface area contributed by atoms with E-state index in [0.717, 1.165) is 81.0 Å². The molecule has 0 unspecified atom stereocenters. The number of piperidine rings is 4. The van der Waals surface area contributed by atoms with Gasteiger partial charge in [0.1, 0.15) is 11.6 Å². The summed E-state index contributed by atoms with van der Waals surface area (Å²) in [4.78, 5) is 52.5. The number of hydrogen-bond donors (Lipinski definition) is 2. The van der Waals surface area contributed by atoms with E-state index in [1.165, 1.54) is 6.42 Å². The lowest BCUT2D eigenvalue weighted by Gasteiger charge is -2.46. The Kier molecular flexibility index (Phi) is 11.5. The fourth-order valence-corrected chi connectivity index (χ4v) is 9.53. The summed E-state index contributed by atoms with van der Waals surface area (Å²) in [5, 5.41) is 21.4. The maximum Gasteiger partial charge on any atom is 0.234 e. The SMILES string of the molecule is CN(C(=O)C1(c2ccccc2)CCN(c2cnnc(-c3ccccc3O)c2)CC1)C1CCN(CCC2CCN(c3ccc([C@H]4CCC(=O)NC4=O)cn3)CC2)CC1. The minimum Gasteiger partial charge on any atom is -0.507 e. The lowest BCUT2D eigenvalue weighted by atomic mass is 9.71. The van der Waals surface area contributed by atoms with Crippen LogP contribution in [0.15, 0.2) is 85.2 Å². The molecule has 0 radical (unpaired) electrons. The molecule has 2 aromatic carbocycles. The van der Waals surface area contributed by atoms with E-state index in [4.69, 9.17) is 4.98 Å². The number of likely N-dealkylation sites (N-methyl/N-ethyl adjacent to an activating group) is 1. The Morgan fingerprint density at radius 1 is 0.860 bits per heavy atom. The third kappa shape index (κ3) is 8.37. The first-order chi connectivity index (χ1) is 27.8. The molecule has 1 atom stereocenters. The van der Waals surface area contributed by atoms with E-state index in [1.54, 1.807) is 24.5 Å². The molecule has 0 aliphatic carbocycles. The van der Waals surface area contributed by atoms with E-state index < -0.39 is 5.41 Å². The number of likely N-dealkylation sites (tertiary alicyclic amines) is 1. The molecule has 4 aliphatic rings. The average Bonchev–Trinajstić information content (AvgIpc) is 3.26. The highest BCUT2D eigenvalue weighted by atomic mass is 16.3. The number of nitrogens with zero attached hydrogens (tertiary/aromatic N) is 7. The summed E-state index contributed by atoms with van der Waals surface area (Å²) in [5.74, 6) is 1.31. The van der Waals surface area contributed by atoms with E-state index in [0.29, 0.717) is 55.9 Å². The van der Waals surface area contributed by atoms with Crippen molar-refractivity contribution in [3.8, 4) is 17.0 Å². The number of pyridine rings is 1. The summed E-state index contributed by atoms with van der Waals surface area (Å²) in [6.07, 6.45) is 11.3. The summed E-state index contributed by atoms with van der Waals surface area (Å²) in [6, 6.07) is 23.7. The molecule has 8 rings (SSSR count). The zero-order chi connectivity index (χ0) is 39.4. The van der Waals surface area contributed by atoms with Crippen LogP contribution >= 0.6 is 0 Å². The predicted molar refractivity (Wildman–Crippen MR) is 220 cm³/mol. The van der Waals surface area contributed by atoms with Crippen molar-refractivity contribution in [1.29, 1.82) is 0 Å². The Balaban J connectivity index is 0.818.